The van der Waals surface area contributed by atoms with E-state index in [0.29, 0.717) is 5.56 Å². The van der Waals surface area contributed by atoms with E-state index in [9.17, 15) is 9.59 Å². The Labute approximate surface area is 190 Å². The van der Waals surface area contributed by atoms with Crippen LogP contribution < -0.4 is 0 Å². The van der Waals surface area contributed by atoms with Gasteiger partial charge in [-0.05, 0) is 37.0 Å². The Balaban J connectivity index is 3.11. The summed E-state index contributed by atoms with van der Waals surface area (Å²) in [5.74, 6) is -0.894. The molecule has 0 aliphatic heterocycles. The number of carbonyl (C=O) groups excluding carboxylic acids is 2. The van der Waals surface area contributed by atoms with Crippen LogP contribution in [0.1, 0.15) is 75.2 Å². The molecule has 2 radical (unpaired) electrons. The van der Waals surface area contributed by atoms with Gasteiger partial charge < -0.3 is 9.47 Å². The fraction of sp³-hybridized carbons (Fsp3) is 0.600. The summed E-state index contributed by atoms with van der Waals surface area (Å²) in [6.07, 6.45) is 14.7. The van der Waals surface area contributed by atoms with E-state index in [4.69, 9.17) is 9.47 Å². The van der Waals surface area contributed by atoms with Crippen LogP contribution >= 0.6 is 7.14 Å². The number of benzene rings is 1. The molecule has 0 spiro atoms. The third-order valence-electron chi connectivity index (χ3n) is 5.65. The highest BCUT2D eigenvalue weighted by Gasteiger charge is 2.28. The zero-order valence-corrected chi connectivity index (χ0v) is 21.0. The first kappa shape index (κ1) is 27.4. The van der Waals surface area contributed by atoms with Crippen LogP contribution in [0.2, 0.25) is 5.82 Å². The molecule has 1 atom stereocenters. The molecule has 0 aliphatic rings. The van der Waals surface area contributed by atoms with Crippen molar-refractivity contribution in [3.8, 4) is 0 Å². The van der Waals surface area contributed by atoms with Crippen LogP contribution in [0, 0.1) is 0 Å². The molecule has 0 aromatic heterocycles. The molecule has 1 aromatic rings. The largest absolute Gasteiger partial charge is 0.471 e. The van der Waals surface area contributed by atoms with Crippen LogP contribution in [0.15, 0.2) is 30.3 Å². The van der Waals surface area contributed by atoms with E-state index in [1.54, 1.807) is 12.1 Å². The average molecular weight is 446 g/mol. The van der Waals surface area contributed by atoms with E-state index < -0.39 is 7.14 Å². The summed E-state index contributed by atoms with van der Waals surface area (Å²) in [5, 5.41) is 0. The number of esters is 2. The summed E-state index contributed by atoms with van der Waals surface area (Å²) in [4.78, 5) is 24.3. The first-order chi connectivity index (χ1) is 14.9. The molecule has 1 aromatic carbocycles. The second kappa shape index (κ2) is 15.2. The van der Waals surface area contributed by atoms with E-state index in [-0.39, 0.29) is 17.8 Å². The summed E-state index contributed by atoms with van der Waals surface area (Å²) in [6, 6.07) is 7.21. The molecule has 6 heteroatoms. The Hall–Kier alpha value is -1.61. The highest BCUT2D eigenvalue weighted by molar-refractivity contribution is 8.00. The normalized spacial score (nSPS) is 12.7. The topological polar surface area (TPSA) is 52.6 Å². The molecule has 1 rings (SSSR count). The van der Waals surface area contributed by atoms with Crippen molar-refractivity contribution in [3.05, 3.63) is 41.5 Å². The van der Waals surface area contributed by atoms with Gasteiger partial charge in [0.25, 0.3) is 5.97 Å². The molecule has 0 heterocycles. The van der Waals surface area contributed by atoms with E-state index in [1.807, 2.05) is 24.3 Å². The van der Waals surface area contributed by atoms with Crippen LogP contribution in [-0.4, -0.2) is 51.6 Å². The molecule has 0 fully saturated rings. The molecule has 0 amide bonds. The van der Waals surface area contributed by atoms with E-state index >= 15 is 0 Å². The maximum atomic E-state index is 12.7. The summed E-state index contributed by atoms with van der Waals surface area (Å²) < 4.78 is 9.91. The van der Waals surface area contributed by atoms with Gasteiger partial charge in [0.2, 0.25) is 0 Å². The predicted octanol–water partition coefficient (Wildman–Crippen LogP) is 6.49. The summed E-state index contributed by atoms with van der Waals surface area (Å²) in [6.45, 7) is 9.09. The maximum absolute atomic E-state index is 12.7. The molecule has 0 N–H and O–H groups in total. The standard InChI is InChI=1S/C25H40BO4P/c1-6-9-18-31(19-10-7-2,20-11-8-3)26-23(25(28)30-5)17-14-21-12-15-22(16-13-21)24(27)29-4/h12-17,23H,6-11,18-20H2,1-5H3/b17-14+. The van der Waals surface area contributed by atoms with Crippen molar-refractivity contribution >= 4 is 32.2 Å². The Morgan fingerprint density at radius 3 is 1.84 bits per heavy atom. The first-order valence-electron chi connectivity index (χ1n) is 11.6. The van der Waals surface area contributed by atoms with E-state index in [1.165, 1.54) is 71.2 Å². The number of unbranched alkanes of at least 4 members (excludes halogenated alkanes) is 3. The number of hydrogen-bond donors (Lipinski definition) is 0. The lowest BCUT2D eigenvalue weighted by Crippen LogP contribution is -2.23. The number of carbonyl (C=O) groups is 2. The van der Waals surface area contributed by atoms with Crippen LogP contribution in [-0.2, 0) is 14.3 Å². The SMILES string of the molecule is CCCC[P+]([B-]C(/C=C/c1ccc(C(=O)OC)cc1)C(=O)OC)(CCCC)CCCC. The van der Waals surface area contributed by atoms with E-state index in [2.05, 4.69) is 27.8 Å². The Kier molecular flexibility index (Phi) is 13.5. The van der Waals surface area contributed by atoms with Gasteiger partial charge in [-0.15, -0.1) is 6.08 Å². The zero-order chi connectivity index (χ0) is 23.1. The van der Waals surface area contributed by atoms with Crippen molar-refractivity contribution in [2.75, 3.05) is 32.7 Å². The van der Waals surface area contributed by atoms with Gasteiger partial charge in [0.15, 0.2) is 0 Å². The van der Waals surface area contributed by atoms with Crippen molar-refractivity contribution in [3.63, 3.8) is 0 Å². The first-order valence-corrected chi connectivity index (χ1v) is 14.0. The number of rotatable bonds is 15. The van der Waals surface area contributed by atoms with Crippen LogP contribution in [0.25, 0.3) is 6.08 Å². The minimum atomic E-state index is -1.35. The molecule has 0 saturated carbocycles. The molecule has 0 aliphatic carbocycles. The molecule has 0 bridgehead atoms. The second-order valence-corrected chi connectivity index (χ2v) is 12.2. The summed E-state index contributed by atoms with van der Waals surface area (Å²) in [7, 11) is 1.48. The molecular weight excluding hydrogens is 406 g/mol. The molecular formula is C25H40BO4P. The third kappa shape index (κ3) is 9.60. The van der Waals surface area contributed by atoms with Crippen molar-refractivity contribution in [1.82, 2.24) is 0 Å². The number of methoxy groups -OCH3 is 2. The quantitative estimate of drug-likeness (QED) is 0.176. The van der Waals surface area contributed by atoms with Gasteiger partial charge in [0.1, 0.15) is 0 Å². The lowest BCUT2D eigenvalue weighted by Gasteiger charge is -2.42. The van der Waals surface area contributed by atoms with Gasteiger partial charge in [-0.1, -0.05) is 71.1 Å². The maximum Gasteiger partial charge on any atom is 0.337 e. The molecule has 4 nitrogen and oxygen atoms in total. The van der Waals surface area contributed by atoms with Crippen molar-refractivity contribution < 1.29 is 19.1 Å². The van der Waals surface area contributed by atoms with E-state index in [0.717, 1.165) is 5.56 Å². The number of hydrogen-bond acceptors (Lipinski definition) is 4. The summed E-state index contributed by atoms with van der Waals surface area (Å²) in [5.41, 5.74) is 1.45. The Morgan fingerprint density at radius 1 is 0.903 bits per heavy atom. The second-order valence-electron chi connectivity index (χ2n) is 8.12. The highest BCUT2D eigenvalue weighted by Crippen LogP contribution is 2.61. The van der Waals surface area contributed by atoms with Crippen LogP contribution in [0.4, 0.5) is 0 Å². The van der Waals surface area contributed by atoms with Crippen LogP contribution in [0.5, 0.6) is 0 Å². The van der Waals surface area contributed by atoms with Gasteiger partial charge >= 0.3 is 5.97 Å². The lowest BCUT2D eigenvalue weighted by atomic mass is 9.85. The van der Waals surface area contributed by atoms with Gasteiger partial charge in [0.05, 0.1) is 19.8 Å². The van der Waals surface area contributed by atoms with Gasteiger partial charge in [0, 0.05) is 18.5 Å². The smallest absolute Gasteiger partial charge is 0.337 e. The summed E-state index contributed by atoms with van der Waals surface area (Å²) >= 11 is 0. The van der Waals surface area contributed by atoms with Gasteiger partial charge in [-0.3, -0.25) is 4.79 Å². The Bertz CT molecular complexity index is 665. The Morgan fingerprint density at radius 2 is 1.42 bits per heavy atom. The minimum Gasteiger partial charge on any atom is -0.471 e. The van der Waals surface area contributed by atoms with Gasteiger partial charge in [-0.25, -0.2) is 11.9 Å². The lowest BCUT2D eigenvalue weighted by molar-refractivity contribution is -0.139. The fourth-order valence-corrected chi connectivity index (χ4v) is 8.57. The molecule has 1 unspecified atom stereocenters. The van der Waals surface area contributed by atoms with Crippen molar-refractivity contribution in [1.29, 1.82) is 0 Å². The molecule has 0 saturated heterocycles. The minimum absolute atomic E-state index is 0.198. The molecule has 31 heavy (non-hydrogen) atoms. The monoisotopic (exact) mass is 446 g/mol. The third-order valence-corrected chi connectivity index (χ3v) is 10.2. The fourth-order valence-electron chi connectivity index (χ4n) is 3.71. The molecule has 172 valence electrons. The number of ether oxygens (including phenoxy) is 2. The average Bonchev–Trinajstić information content (AvgIpc) is 2.81. The highest BCUT2D eigenvalue weighted by atomic mass is 31.2. The van der Waals surface area contributed by atoms with Crippen LogP contribution in [0.3, 0.4) is 0 Å². The van der Waals surface area contributed by atoms with Crippen molar-refractivity contribution in [2.24, 2.45) is 0 Å². The predicted molar refractivity (Wildman–Crippen MR) is 135 cm³/mol. The van der Waals surface area contributed by atoms with Gasteiger partial charge in [-0.2, -0.15) is 0 Å². The zero-order valence-electron chi connectivity index (χ0n) is 20.1. The van der Waals surface area contributed by atoms with Crippen molar-refractivity contribution in [2.45, 2.75) is 65.1 Å².